The molecular formula is C18H27FN2. The second-order valence-corrected chi connectivity index (χ2v) is 7.16. The minimum absolute atomic E-state index is 0.133. The summed E-state index contributed by atoms with van der Waals surface area (Å²) in [7, 11) is 2.17. The molecule has 3 rings (SSSR count). The first-order valence-corrected chi connectivity index (χ1v) is 8.32. The summed E-state index contributed by atoms with van der Waals surface area (Å²) in [6, 6.07) is 7.78. The van der Waals surface area contributed by atoms with E-state index in [4.69, 9.17) is 0 Å². The molecule has 1 aromatic rings. The number of halogens is 1. The van der Waals surface area contributed by atoms with E-state index in [-0.39, 0.29) is 5.82 Å². The lowest BCUT2D eigenvalue weighted by molar-refractivity contribution is 0.167. The molecule has 0 aliphatic heterocycles. The predicted octanol–water partition coefficient (Wildman–Crippen LogP) is 3.57. The van der Waals surface area contributed by atoms with Crippen LogP contribution >= 0.6 is 0 Å². The summed E-state index contributed by atoms with van der Waals surface area (Å²) in [4.78, 5) is 2.37. The third kappa shape index (κ3) is 4.27. The van der Waals surface area contributed by atoms with Crippen LogP contribution in [0, 0.1) is 11.2 Å². The van der Waals surface area contributed by atoms with Crippen LogP contribution in [0.25, 0.3) is 0 Å². The van der Waals surface area contributed by atoms with Gasteiger partial charge in [-0.3, -0.25) is 0 Å². The molecule has 3 heteroatoms. The molecular weight excluding hydrogens is 263 g/mol. The Hall–Kier alpha value is -0.930. The Morgan fingerprint density at radius 3 is 2.71 bits per heavy atom. The monoisotopic (exact) mass is 290 g/mol. The summed E-state index contributed by atoms with van der Waals surface area (Å²) in [6.45, 7) is 3.11. The molecule has 0 heterocycles. The molecule has 0 radical (unpaired) electrons. The Bertz CT molecular complexity index is 464. The highest BCUT2D eigenvalue weighted by atomic mass is 19.1. The molecule has 0 aromatic heterocycles. The van der Waals surface area contributed by atoms with E-state index in [1.807, 2.05) is 6.07 Å². The Labute approximate surface area is 127 Å². The maximum Gasteiger partial charge on any atom is 0.123 e. The third-order valence-electron chi connectivity index (χ3n) is 4.95. The van der Waals surface area contributed by atoms with Gasteiger partial charge in [-0.2, -0.15) is 0 Å². The van der Waals surface area contributed by atoms with Gasteiger partial charge >= 0.3 is 0 Å². The van der Waals surface area contributed by atoms with Gasteiger partial charge in [0.2, 0.25) is 0 Å². The fourth-order valence-corrected chi connectivity index (χ4v) is 3.74. The lowest BCUT2D eigenvalue weighted by atomic mass is 9.85. The summed E-state index contributed by atoms with van der Waals surface area (Å²) in [6.07, 6.45) is 8.10. The second-order valence-electron chi connectivity index (χ2n) is 7.16. The zero-order chi connectivity index (χ0) is 14.7. The fourth-order valence-electron chi connectivity index (χ4n) is 3.74. The van der Waals surface area contributed by atoms with E-state index in [0.717, 1.165) is 31.2 Å². The van der Waals surface area contributed by atoms with Crippen molar-refractivity contribution in [3.8, 4) is 0 Å². The molecule has 2 aliphatic rings. The molecule has 1 N–H and O–H groups in total. The Morgan fingerprint density at radius 1 is 1.29 bits per heavy atom. The van der Waals surface area contributed by atoms with Gasteiger partial charge in [0.15, 0.2) is 0 Å². The molecule has 0 spiro atoms. The van der Waals surface area contributed by atoms with Crippen molar-refractivity contribution >= 4 is 0 Å². The number of hydrogen-bond acceptors (Lipinski definition) is 2. The average molecular weight is 290 g/mol. The van der Waals surface area contributed by atoms with Crippen LogP contribution in [-0.2, 0) is 6.54 Å². The van der Waals surface area contributed by atoms with Crippen LogP contribution in [-0.4, -0.2) is 31.1 Å². The van der Waals surface area contributed by atoms with Gasteiger partial charge in [0.25, 0.3) is 0 Å². The van der Waals surface area contributed by atoms with Gasteiger partial charge in [-0.15, -0.1) is 0 Å². The maximum atomic E-state index is 13.3. The zero-order valence-corrected chi connectivity index (χ0v) is 13.1. The van der Waals surface area contributed by atoms with Crippen molar-refractivity contribution < 1.29 is 4.39 Å². The molecule has 2 aliphatic carbocycles. The standard InChI is InChI=1S/C18H27FN2/c1-21(12-15-5-4-6-16(19)11-15)14-18(9-2-3-10-18)13-20-17-7-8-17/h4-6,11,17,20H,2-3,7-10,12-14H2,1H3. The van der Waals surface area contributed by atoms with Crippen LogP contribution in [0.4, 0.5) is 4.39 Å². The van der Waals surface area contributed by atoms with Gasteiger partial charge in [0, 0.05) is 25.7 Å². The van der Waals surface area contributed by atoms with Crippen LogP contribution in [0.3, 0.4) is 0 Å². The van der Waals surface area contributed by atoms with Crippen molar-refractivity contribution in [2.75, 3.05) is 20.1 Å². The van der Waals surface area contributed by atoms with Gasteiger partial charge in [-0.1, -0.05) is 25.0 Å². The molecule has 0 unspecified atom stereocenters. The number of nitrogens with zero attached hydrogens (tertiary/aromatic N) is 1. The van der Waals surface area contributed by atoms with E-state index in [1.54, 1.807) is 12.1 Å². The Morgan fingerprint density at radius 2 is 2.05 bits per heavy atom. The first-order valence-electron chi connectivity index (χ1n) is 8.32. The van der Waals surface area contributed by atoms with Crippen molar-refractivity contribution in [3.63, 3.8) is 0 Å². The van der Waals surface area contributed by atoms with E-state index >= 15 is 0 Å². The van der Waals surface area contributed by atoms with Crippen molar-refractivity contribution in [2.24, 2.45) is 5.41 Å². The van der Waals surface area contributed by atoms with Gasteiger partial charge < -0.3 is 10.2 Å². The topological polar surface area (TPSA) is 15.3 Å². The summed E-state index contributed by atoms with van der Waals surface area (Å²) in [5.41, 5.74) is 1.51. The molecule has 0 saturated heterocycles. The van der Waals surface area contributed by atoms with Crippen molar-refractivity contribution in [1.82, 2.24) is 10.2 Å². The molecule has 2 saturated carbocycles. The molecule has 116 valence electrons. The summed E-state index contributed by atoms with van der Waals surface area (Å²) < 4.78 is 13.3. The fraction of sp³-hybridized carbons (Fsp3) is 0.667. The maximum absolute atomic E-state index is 13.3. The van der Waals surface area contributed by atoms with Crippen LogP contribution in [0.1, 0.15) is 44.1 Å². The van der Waals surface area contributed by atoms with Crippen molar-refractivity contribution in [1.29, 1.82) is 0 Å². The molecule has 21 heavy (non-hydrogen) atoms. The Balaban J connectivity index is 1.56. The molecule has 2 nitrogen and oxygen atoms in total. The predicted molar refractivity (Wildman–Crippen MR) is 84.7 cm³/mol. The van der Waals surface area contributed by atoms with Gasteiger partial charge in [0.1, 0.15) is 5.82 Å². The Kier molecular flexibility index (Phi) is 4.60. The third-order valence-corrected chi connectivity index (χ3v) is 4.95. The van der Waals surface area contributed by atoms with E-state index in [2.05, 4.69) is 17.3 Å². The number of benzene rings is 1. The lowest BCUT2D eigenvalue weighted by Gasteiger charge is -2.34. The summed E-state index contributed by atoms with van der Waals surface area (Å²) >= 11 is 0. The number of rotatable bonds is 7. The highest BCUT2D eigenvalue weighted by Gasteiger charge is 2.36. The number of nitrogens with one attached hydrogen (secondary N) is 1. The van der Waals surface area contributed by atoms with E-state index in [0.29, 0.717) is 5.41 Å². The largest absolute Gasteiger partial charge is 0.313 e. The SMILES string of the molecule is CN(Cc1cccc(F)c1)CC1(CNC2CC2)CCCC1. The highest BCUT2D eigenvalue weighted by Crippen LogP contribution is 2.39. The van der Waals surface area contributed by atoms with Gasteiger partial charge in [-0.05, 0) is 55.8 Å². The summed E-state index contributed by atoms with van der Waals surface area (Å²) in [5, 5.41) is 3.73. The number of hydrogen-bond donors (Lipinski definition) is 1. The minimum atomic E-state index is -0.133. The molecule has 0 amide bonds. The van der Waals surface area contributed by atoms with Crippen molar-refractivity contribution in [3.05, 3.63) is 35.6 Å². The molecule has 1 aromatic carbocycles. The zero-order valence-electron chi connectivity index (χ0n) is 13.1. The normalized spacial score (nSPS) is 21.1. The summed E-state index contributed by atoms with van der Waals surface area (Å²) in [5.74, 6) is -0.133. The smallest absolute Gasteiger partial charge is 0.123 e. The van der Waals surface area contributed by atoms with E-state index in [1.165, 1.54) is 44.6 Å². The molecule has 0 bridgehead atoms. The quantitative estimate of drug-likeness (QED) is 0.826. The van der Waals surface area contributed by atoms with Crippen molar-refractivity contribution in [2.45, 2.75) is 51.1 Å². The van der Waals surface area contributed by atoms with Crippen LogP contribution in [0.15, 0.2) is 24.3 Å². The van der Waals surface area contributed by atoms with E-state index in [9.17, 15) is 4.39 Å². The van der Waals surface area contributed by atoms with Crippen LogP contribution in [0.2, 0.25) is 0 Å². The first kappa shape index (κ1) is 15.0. The van der Waals surface area contributed by atoms with E-state index < -0.39 is 0 Å². The highest BCUT2D eigenvalue weighted by molar-refractivity contribution is 5.16. The van der Waals surface area contributed by atoms with Crippen LogP contribution in [0.5, 0.6) is 0 Å². The lowest BCUT2D eigenvalue weighted by Crippen LogP contribution is -2.41. The van der Waals surface area contributed by atoms with Gasteiger partial charge in [0.05, 0.1) is 0 Å². The van der Waals surface area contributed by atoms with Crippen LogP contribution < -0.4 is 5.32 Å². The first-order chi connectivity index (χ1) is 10.2. The molecule has 2 fully saturated rings. The second kappa shape index (κ2) is 6.45. The average Bonchev–Trinajstić information content (AvgIpc) is 3.17. The minimum Gasteiger partial charge on any atom is -0.313 e. The molecule has 0 atom stereocenters. The van der Waals surface area contributed by atoms with Gasteiger partial charge in [-0.25, -0.2) is 4.39 Å².